The Morgan fingerprint density at radius 3 is 2.11 bits per heavy atom. The van der Waals surface area contributed by atoms with Gasteiger partial charge in [-0.2, -0.15) is 0 Å². The first-order valence-electron chi connectivity index (χ1n) is 5.93. The predicted molar refractivity (Wildman–Crippen MR) is 72.3 cm³/mol. The SMILES string of the molecule is CC.[B]c1ccc(Cc2ccc(F)cc2)c(F)c1. The lowest BCUT2D eigenvalue weighted by Crippen LogP contribution is -2.04. The van der Waals surface area contributed by atoms with E-state index in [1.54, 1.807) is 24.3 Å². The molecular formula is C15H15BF2. The monoisotopic (exact) mass is 244 g/mol. The van der Waals surface area contributed by atoms with Crippen LogP contribution in [0, 0.1) is 11.6 Å². The number of hydrogen-bond acceptors (Lipinski definition) is 0. The van der Waals surface area contributed by atoms with Crippen LogP contribution in [0.2, 0.25) is 0 Å². The molecule has 0 atom stereocenters. The fourth-order valence-corrected chi connectivity index (χ4v) is 1.53. The summed E-state index contributed by atoms with van der Waals surface area (Å²) < 4.78 is 26.1. The second kappa shape index (κ2) is 6.95. The number of benzene rings is 2. The molecule has 2 radical (unpaired) electrons. The molecule has 0 spiro atoms. The summed E-state index contributed by atoms with van der Waals surface area (Å²) in [6.45, 7) is 4.00. The molecule has 0 saturated heterocycles. The van der Waals surface area contributed by atoms with E-state index >= 15 is 0 Å². The van der Waals surface area contributed by atoms with Crippen molar-refractivity contribution in [2.75, 3.05) is 0 Å². The smallest absolute Gasteiger partial charge is 0.126 e. The van der Waals surface area contributed by atoms with Gasteiger partial charge in [-0.1, -0.05) is 43.6 Å². The van der Waals surface area contributed by atoms with Gasteiger partial charge in [-0.15, -0.1) is 0 Å². The van der Waals surface area contributed by atoms with Crippen molar-refractivity contribution in [3.05, 3.63) is 65.2 Å². The van der Waals surface area contributed by atoms with Crippen molar-refractivity contribution in [2.45, 2.75) is 20.3 Å². The van der Waals surface area contributed by atoms with Crippen LogP contribution < -0.4 is 5.46 Å². The first kappa shape index (κ1) is 14.4. The lowest BCUT2D eigenvalue weighted by Gasteiger charge is -2.04. The number of halogens is 2. The Bertz CT molecular complexity index is 492. The number of hydrogen-bond donors (Lipinski definition) is 0. The lowest BCUT2D eigenvalue weighted by molar-refractivity contribution is 0.614. The molecule has 0 aliphatic carbocycles. The molecule has 92 valence electrons. The van der Waals surface area contributed by atoms with E-state index in [-0.39, 0.29) is 11.6 Å². The molecule has 0 aliphatic heterocycles. The maximum atomic E-state index is 13.5. The molecule has 18 heavy (non-hydrogen) atoms. The van der Waals surface area contributed by atoms with Gasteiger partial charge < -0.3 is 0 Å². The molecule has 2 aromatic rings. The Labute approximate surface area is 108 Å². The van der Waals surface area contributed by atoms with E-state index in [1.807, 2.05) is 13.8 Å². The molecule has 0 aromatic heterocycles. The summed E-state index contributed by atoms with van der Waals surface area (Å²) in [7, 11) is 5.45. The molecule has 0 saturated carbocycles. The van der Waals surface area contributed by atoms with E-state index in [1.165, 1.54) is 18.2 Å². The van der Waals surface area contributed by atoms with Crippen molar-refractivity contribution >= 4 is 13.3 Å². The Morgan fingerprint density at radius 2 is 1.56 bits per heavy atom. The summed E-state index contributed by atoms with van der Waals surface area (Å²) in [4.78, 5) is 0. The quantitative estimate of drug-likeness (QED) is 0.710. The lowest BCUT2D eigenvalue weighted by atomic mass is 9.93. The minimum Gasteiger partial charge on any atom is -0.207 e. The summed E-state index contributed by atoms with van der Waals surface area (Å²) in [5.74, 6) is -0.620. The van der Waals surface area contributed by atoms with Crippen molar-refractivity contribution in [2.24, 2.45) is 0 Å². The third-order valence-corrected chi connectivity index (χ3v) is 2.38. The minimum absolute atomic E-state index is 0.290. The predicted octanol–water partition coefficient (Wildman–Crippen LogP) is 3.38. The molecule has 2 rings (SSSR count). The van der Waals surface area contributed by atoms with Gasteiger partial charge in [-0.25, -0.2) is 8.78 Å². The first-order valence-corrected chi connectivity index (χ1v) is 5.93. The zero-order chi connectivity index (χ0) is 13.5. The molecule has 3 heteroatoms. The van der Waals surface area contributed by atoms with Crippen LogP contribution in [0.3, 0.4) is 0 Å². The Kier molecular flexibility index (Phi) is 5.57. The minimum atomic E-state index is -0.329. The largest absolute Gasteiger partial charge is 0.207 e. The molecule has 0 unspecified atom stereocenters. The van der Waals surface area contributed by atoms with Crippen LogP contribution in [-0.2, 0) is 6.42 Å². The summed E-state index contributed by atoms with van der Waals surface area (Å²) >= 11 is 0. The zero-order valence-corrected chi connectivity index (χ0v) is 10.6. The van der Waals surface area contributed by atoms with Gasteiger partial charge in [0.25, 0.3) is 0 Å². The van der Waals surface area contributed by atoms with Gasteiger partial charge in [-0.3, -0.25) is 0 Å². The second-order valence-electron chi connectivity index (χ2n) is 3.65. The van der Waals surface area contributed by atoms with Crippen LogP contribution in [0.25, 0.3) is 0 Å². The van der Waals surface area contributed by atoms with Crippen molar-refractivity contribution < 1.29 is 8.78 Å². The highest BCUT2D eigenvalue weighted by atomic mass is 19.1. The topological polar surface area (TPSA) is 0 Å². The molecule has 0 aliphatic rings. The Morgan fingerprint density at radius 1 is 0.944 bits per heavy atom. The normalized spacial score (nSPS) is 9.56. The van der Waals surface area contributed by atoms with Gasteiger partial charge >= 0.3 is 0 Å². The summed E-state index contributed by atoms with van der Waals surface area (Å²) in [6, 6.07) is 10.6. The summed E-state index contributed by atoms with van der Waals surface area (Å²) in [5, 5.41) is 0. The maximum Gasteiger partial charge on any atom is 0.126 e. The van der Waals surface area contributed by atoms with E-state index in [4.69, 9.17) is 7.85 Å². The van der Waals surface area contributed by atoms with Crippen LogP contribution in [-0.4, -0.2) is 7.85 Å². The van der Waals surface area contributed by atoms with Crippen molar-refractivity contribution in [1.29, 1.82) is 0 Å². The highest BCUT2D eigenvalue weighted by Gasteiger charge is 2.03. The van der Waals surface area contributed by atoms with Gasteiger partial charge in [0.05, 0.1) is 0 Å². The summed E-state index contributed by atoms with van der Waals surface area (Å²) in [5.41, 5.74) is 1.83. The Balaban J connectivity index is 0.000000771. The van der Waals surface area contributed by atoms with Crippen molar-refractivity contribution in [3.8, 4) is 0 Å². The van der Waals surface area contributed by atoms with Gasteiger partial charge in [-0.05, 0) is 29.3 Å². The van der Waals surface area contributed by atoms with Crippen LogP contribution in [0.4, 0.5) is 8.78 Å². The van der Waals surface area contributed by atoms with Gasteiger partial charge in [0, 0.05) is 6.42 Å². The van der Waals surface area contributed by atoms with E-state index in [9.17, 15) is 8.78 Å². The maximum absolute atomic E-state index is 13.5. The third kappa shape index (κ3) is 3.99. The molecule has 0 N–H and O–H groups in total. The first-order chi connectivity index (χ1) is 8.65. The van der Waals surface area contributed by atoms with Crippen LogP contribution >= 0.6 is 0 Å². The van der Waals surface area contributed by atoms with Crippen LogP contribution in [0.1, 0.15) is 25.0 Å². The molecular weight excluding hydrogens is 229 g/mol. The Hall–Kier alpha value is -1.64. The standard InChI is InChI=1S/C13H9BF2.C2H6/c14-11-4-3-10(13(16)8-11)7-9-1-5-12(15)6-2-9;1-2/h1-6,8H,7H2;1-2H3. The fraction of sp³-hybridized carbons (Fsp3) is 0.200. The van der Waals surface area contributed by atoms with Crippen molar-refractivity contribution in [1.82, 2.24) is 0 Å². The average molecular weight is 244 g/mol. The number of rotatable bonds is 2. The highest BCUT2D eigenvalue weighted by molar-refractivity contribution is 6.32. The van der Waals surface area contributed by atoms with Gasteiger partial charge in [0.2, 0.25) is 0 Å². The van der Waals surface area contributed by atoms with E-state index in [0.717, 1.165) is 5.56 Å². The average Bonchev–Trinajstić information content (AvgIpc) is 2.38. The fourth-order valence-electron chi connectivity index (χ4n) is 1.53. The van der Waals surface area contributed by atoms with E-state index in [0.29, 0.717) is 17.4 Å². The molecule has 0 fully saturated rings. The summed E-state index contributed by atoms with van der Waals surface area (Å²) in [6.07, 6.45) is 0.437. The molecule has 0 heterocycles. The van der Waals surface area contributed by atoms with Gasteiger partial charge in [0.15, 0.2) is 0 Å². The van der Waals surface area contributed by atoms with E-state index < -0.39 is 0 Å². The third-order valence-electron chi connectivity index (χ3n) is 2.38. The zero-order valence-electron chi connectivity index (χ0n) is 10.6. The molecule has 0 bridgehead atoms. The van der Waals surface area contributed by atoms with Gasteiger partial charge in [0.1, 0.15) is 19.5 Å². The van der Waals surface area contributed by atoms with Crippen LogP contribution in [0.15, 0.2) is 42.5 Å². The second-order valence-corrected chi connectivity index (χ2v) is 3.65. The molecule has 0 nitrogen and oxygen atoms in total. The van der Waals surface area contributed by atoms with Crippen LogP contribution in [0.5, 0.6) is 0 Å². The molecule has 2 aromatic carbocycles. The van der Waals surface area contributed by atoms with E-state index in [2.05, 4.69) is 0 Å². The molecule has 0 amide bonds. The van der Waals surface area contributed by atoms with Crippen molar-refractivity contribution in [3.63, 3.8) is 0 Å². The highest BCUT2D eigenvalue weighted by Crippen LogP contribution is 2.12.